The Morgan fingerprint density at radius 2 is 1.61 bits per heavy atom. The number of hydrogen-bond donors (Lipinski definition) is 0. The Kier molecular flexibility index (Phi) is 7.85. The molecule has 7 heteroatoms. The lowest BCUT2D eigenvalue weighted by molar-refractivity contribution is 0.0698. The summed E-state index contributed by atoms with van der Waals surface area (Å²) in [7, 11) is -0.0355. The standard InChI is InChI=1S/C34H39N3O2SSi/c1-34(2,3)24-20-21-28-29(22-24)37-30(23-39-41(26-16-10-6-11-17-26)27-18-12-7-13-19-27)31(40-33(37)35-28)32(38)36(4)25-14-8-5-9-15-25/h6-7,10-13,16-22,25,41H,5,8-9,14-15,23H2,1-4H3. The molecule has 0 unspecified atom stereocenters. The molecule has 2 aromatic heterocycles. The van der Waals surface area contributed by atoms with Crippen LogP contribution in [0.4, 0.5) is 0 Å². The van der Waals surface area contributed by atoms with Gasteiger partial charge in [0.2, 0.25) is 9.04 Å². The normalized spacial score (nSPS) is 14.8. The van der Waals surface area contributed by atoms with Crippen molar-refractivity contribution in [1.29, 1.82) is 0 Å². The Morgan fingerprint density at radius 1 is 0.976 bits per heavy atom. The summed E-state index contributed by atoms with van der Waals surface area (Å²) < 4.78 is 9.12. The molecule has 0 radical (unpaired) electrons. The number of hydrogen-bond acceptors (Lipinski definition) is 4. The first-order valence-electron chi connectivity index (χ1n) is 14.7. The fraction of sp³-hybridized carbons (Fsp3) is 0.353. The van der Waals surface area contributed by atoms with Crippen LogP contribution in [0.5, 0.6) is 0 Å². The summed E-state index contributed by atoms with van der Waals surface area (Å²) in [6.07, 6.45) is 5.79. The minimum atomic E-state index is -2.01. The van der Waals surface area contributed by atoms with Gasteiger partial charge >= 0.3 is 0 Å². The van der Waals surface area contributed by atoms with Crippen LogP contribution in [0.15, 0.2) is 78.9 Å². The monoisotopic (exact) mass is 581 g/mol. The van der Waals surface area contributed by atoms with E-state index in [2.05, 4.69) is 91.9 Å². The molecule has 1 saturated carbocycles. The zero-order valence-corrected chi connectivity index (χ0v) is 26.4. The topological polar surface area (TPSA) is 46.8 Å². The van der Waals surface area contributed by atoms with Gasteiger partial charge in [0.15, 0.2) is 4.96 Å². The summed E-state index contributed by atoms with van der Waals surface area (Å²) in [5.41, 5.74) is 4.15. The molecule has 1 fully saturated rings. The average Bonchev–Trinajstić information content (AvgIpc) is 3.53. The highest BCUT2D eigenvalue weighted by atomic mass is 32.1. The van der Waals surface area contributed by atoms with E-state index in [1.807, 2.05) is 24.1 Å². The largest absolute Gasteiger partial charge is 0.405 e. The third-order valence-corrected chi connectivity index (χ3v) is 12.0. The Hall–Kier alpha value is -3.26. The van der Waals surface area contributed by atoms with Crippen LogP contribution in [0.2, 0.25) is 0 Å². The van der Waals surface area contributed by atoms with Gasteiger partial charge in [-0.1, -0.05) is 118 Å². The maximum atomic E-state index is 14.1. The average molecular weight is 582 g/mol. The highest BCUT2D eigenvalue weighted by Crippen LogP contribution is 2.33. The number of rotatable bonds is 7. The van der Waals surface area contributed by atoms with Gasteiger partial charge in [-0.3, -0.25) is 9.20 Å². The zero-order valence-electron chi connectivity index (χ0n) is 24.5. The van der Waals surface area contributed by atoms with E-state index in [9.17, 15) is 4.79 Å². The van der Waals surface area contributed by atoms with Gasteiger partial charge in [0.05, 0.1) is 23.3 Å². The van der Waals surface area contributed by atoms with Crippen LogP contribution >= 0.6 is 11.3 Å². The molecule has 1 aliphatic rings. The second kappa shape index (κ2) is 11.5. The van der Waals surface area contributed by atoms with E-state index in [4.69, 9.17) is 9.41 Å². The Bertz CT molecular complexity index is 1610. The van der Waals surface area contributed by atoms with Crippen LogP contribution in [0.25, 0.3) is 16.0 Å². The van der Waals surface area contributed by atoms with Gasteiger partial charge in [0.1, 0.15) is 4.88 Å². The van der Waals surface area contributed by atoms with Crippen LogP contribution in [-0.4, -0.2) is 42.3 Å². The number of benzene rings is 3. The van der Waals surface area contributed by atoms with Crippen molar-refractivity contribution in [3.63, 3.8) is 0 Å². The van der Waals surface area contributed by atoms with Crippen molar-refractivity contribution in [1.82, 2.24) is 14.3 Å². The molecule has 0 aliphatic heterocycles. The summed E-state index contributed by atoms with van der Waals surface area (Å²) in [4.78, 5) is 22.7. The molecule has 6 rings (SSSR count). The second-order valence-electron chi connectivity index (χ2n) is 12.3. The van der Waals surface area contributed by atoms with E-state index in [0.717, 1.165) is 39.4 Å². The number of nitrogens with zero attached hydrogens (tertiary/aromatic N) is 3. The first-order valence-corrected chi connectivity index (χ1v) is 17.2. The quantitative estimate of drug-likeness (QED) is 0.212. The summed E-state index contributed by atoms with van der Waals surface area (Å²) in [6.45, 7) is 7.04. The Balaban J connectivity index is 1.45. The van der Waals surface area contributed by atoms with E-state index in [-0.39, 0.29) is 11.3 Å². The fourth-order valence-electron chi connectivity index (χ4n) is 6.00. The minimum absolute atomic E-state index is 0.00348. The minimum Gasteiger partial charge on any atom is -0.405 e. The Labute approximate surface area is 248 Å². The molecule has 3 aromatic carbocycles. The summed E-state index contributed by atoms with van der Waals surface area (Å²) >= 11 is 1.50. The molecule has 5 nitrogen and oxygen atoms in total. The molecular weight excluding hydrogens is 543 g/mol. The zero-order chi connectivity index (χ0) is 28.6. The number of imidazole rings is 1. The summed E-state index contributed by atoms with van der Waals surface area (Å²) in [5.74, 6) is 0.0868. The number of thiazole rings is 1. The van der Waals surface area contributed by atoms with Crippen LogP contribution in [0.3, 0.4) is 0 Å². The molecule has 41 heavy (non-hydrogen) atoms. The predicted molar refractivity (Wildman–Crippen MR) is 172 cm³/mol. The molecular formula is C34H39N3O2SSi. The molecule has 0 atom stereocenters. The predicted octanol–water partition coefficient (Wildman–Crippen LogP) is 6.31. The third-order valence-electron chi connectivity index (χ3n) is 8.44. The van der Waals surface area contributed by atoms with Crippen LogP contribution in [0.1, 0.15) is 73.8 Å². The molecule has 212 valence electrons. The second-order valence-corrected chi connectivity index (χ2v) is 15.7. The Morgan fingerprint density at radius 3 is 2.22 bits per heavy atom. The first-order chi connectivity index (χ1) is 19.8. The van der Waals surface area contributed by atoms with Crippen LogP contribution < -0.4 is 10.4 Å². The van der Waals surface area contributed by atoms with Crippen LogP contribution in [0, 0.1) is 0 Å². The number of aromatic nitrogens is 2. The lowest BCUT2D eigenvalue weighted by Gasteiger charge is -2.31. The number of amides is 1. The molecule has 0 bridgehead atoms. The van der Waals surface area contributed by atoms with Gasteiger partial charge in [-0.05, 0) is 46.3 Å². The van der Waals surface area contributed by atoms with Gasteiger partial charge in [-0.2, -0.15) is 0 Å². The number of fused-ring (bicyclic) bond motifs is 3. The molecule has 1 aliphatic carbocycles. The maximum Gasteiger partial charge on any atom is 0.265 e. The van der Waals surface area contributed by atoms with Gasteiger partial charge in [-0.15, -0.1) is 0 Å². The van der Waals surface area contributed by atoms with Crippen molar-refractivity contribution >= 4 is 52.7 Å². The molecule has 0 spiro atoms. The highest BCUT2D eigenvalue weighted by molar-refractivity contribution is 7.19. The lowest BCUT2D eigenvalue weighted by atomic mass is 9.87. The molecule has 0 saturated heterocycles. The maximum absolute atomic E-state index is 14.1. The molecule has 2 heterocycles. The molecule has 0 N–H and O–H groups in total. The number of carbonyl (C=O) groups excluding carboxylic acids is 1. The highest BCUT2D eigenvalue weighted by Gasteiger charge is 2.30. The summed E-state index contributed by atoms with van der Waals surface area (Å²) in [6, 6.07) is 27.9. The van der Waals surface area contributed by atoms with Crippen molar-refractivity contribution < 1.29 is 9.22 Å². The van der Waals surface area contributed by atoms with Crippen molar-refractivity contribution in [2.45, 2.75) is 70.9 Å². The van der Waals surface area contributed by atoms with E-state index in [0.29, 0.717) is 12.6 Å². The summed E-state index contributed by atoms with van der Waals surface area (Å²) in [5, 5.41) is 2.45. The van der Waals surface area contributed by atoms with E-state index < -0.39 is 9.04 Å². The van der Waals surface area contributed by atoms with Gasteiger partial charge in [0.25, 0.3) is 5.91 Å². The van der Waals surface area contributed by atoms with Gasteiger partial charge in [-0.25, -0.2) is 4.98 Å². The smallest absolute Gasteiger partial charge is 0.265 e. The first kappa shape index (κ1) is 27.9. The van der Waals surface area contributed by atoms with Gasteiger partial charge < -0.3 is 9.33 Å². The molecule has 1 amide bonds. The van der Waals surface area contributed by atoms with Crippen LogP contribution in [-0.2, 0) is 16.4 Å². The lowest BCUT2D eigenvalue weighted by Crippen LogP contribution is -2.45. The molecule has 5 aromatic rings. The van der Waals surface area contributed by atoms with E-state index in [1.54, 1.807) is 0 Å². The van der Waals surface area contributed by atoms with Crippen molar-refractivity contribution in [3.8, 4) is 0 Å². The SMILES string of the molecule is CN(C(=O)c1sc2nc3ccc(C(C)(C)C)cc3n2c1CO[SiH](c1ccccc1)c1ccccc1)C1CCCCC1. The van der Waals surface area contributed by atoms with Crippen molar-refractivity contribution in [2.75, 3.05) is 7.05 Å². The fourth-order valence-corrected chi connectivity index (χ4v) is 9.36. The van der Waals surface area contributed by atoms with Crippen molar-refractivity contribution in [2.24, 2.45) is 0 Å². The number of carbonyl (C=O) groups is 1. The van der Waals surface area contributed by atoms with E-state index in [1.165, 1.54) is 46.5 Å². The van der Waals surface area contributed by atoms with E-state index >= 15 is 0 Å². The third kappa shape index (κ3) is 5.63. The van der Waals surface area contributed by atoms with Gasteiger partial charge in [0, 0.05) is 13.1 Å². The van der Waals surface area contributed by atoms with Crippen molar-refractivity contribution in [3.05, 3.63) is 95.0 Å².